The quantitative estimate of drug-likeness (QED) is 0.410. The van der Waals surface area contributed by atoms with E-state index in [9.17, 15) is 4.39 Å². The molecule has 0 aromatic heterocycles. The van der Waals surface area contributed by atoms with Crippen molar-refractivity contribution in [2.45, 2.75) is 30.9 Å². The van der Waals surface area contributed by atoms with E-state index in [0.717, 1.165) is 0 Å². The molecule has 0 saturated carbocycles. The van der Waals surface area contributed by atoms with E-state index < -0.39 is 3.68 Å². The molecule has 60 valence electrons. The summed E-state index contributed by atoms with van der Waals surface area (Å²) in [6.45, 7) is 8.99. The number of alkyl halides is 2. The Labute approximate surface area is 76.0 Å². The summed E-state index contributed by atoms with van der Waals surface area (Å²) in [5, 5.41) is 0. The Balaban J connectivity index is 4.23. The van der Waals surface area contributed by atoms with Gasteiger partial charge in [-0.15, -0.1) is 6.58 Å². The fourth-order valence-corrected chi connectivity index (χ4v) is 0.760. The zero-order valence-corrected chi connectivity index (χ0v) is 8.90. The SMILES string of the molecule is C=CCC(C)(C)C(C)(F)I. The number of hydrogen-bond acceptors (Lipinski definition) is 0. The van der Waals surface area contributed by atoms with Crippen LogP contribution in [0.1, 0.15) is 27.2 Å². The molecule has 0 bridgehead atoms. The minimum Gasteiger partial charge on any atom is -0.232 e. The zero-order chi connectivity index (χ0) is 8.41. The molecule has 0 N–H and O–H groups in total. The van der Waals surface area contributed by atoms with Gasteiger partial charge in [0.2, 0.25) is 0 Å². The van der Waals surface area contributed by atoms with Gasteiger partial charge in [-0.2, -0.15) is 0 Å². The van der Waals surface area contributed by atoms with Gasteiger partial charge in [0.15, 0.2) is 3.68 Å². The largest absolute Gasteiger partial charge is 0.232 e. The van der Waals surface area contributed by atoms with Crippen LogP contribution in [-0.2, 0) is 0 Å². The lowest BCUT2D eigenvalue weighted by Gasteiger charge is -2.32. The molecule has 0 nitrogen and oxygen atoms in total. The standard InChI is InChI=1S/C8H14FI/c1-5-6-7(2,3)8(4,9)10/h5H,1,6H2,2-4H3. The molecule has 2 heteroatoms. The minimum absolute atomic E-state index is 0.310. The van der Waals surface area contributed by atoms with Crippen molar-refractivity contribution in [1.82, 2.24) is 0 Å². The van der Waals surface area contributed by atoms with Gasteiger partial charge in [-0.3, -0.25) is 0 Å². The van der Waals surface area contributed by atoms with Crippen molar-refractivity contribution < 1.29 is 4.39 Å². The van der Waals surface area contributed by atoms with Crippen LogP contribution >= 0.6 is 22.6 Å². The van der Waals surface area contributed by atoms with Crippen molar-refractivity contribution in [3.8, 4) is 0 Å². The molecule has 0 rings (SSSR count). The normalized spacial score (nSPS) is 18.1. The molecule has 0 aromatic rings. The van der Waals surface area contributed by atoms with Gasteiger partial charge in [0.1, 0.15) is 0 Å². The number of hydrogen-bond donors (Lipinski definition) is 0. The molecule has 0 spiro atoms. The summed E-state index contributed by atoms with van der Waals surface area (Å²) in [6.07, 6.45) is 2.47. The third kappa shape index (κ3) is 2.56. The average Bonchev–Trinajstić information content (AvgIpc) is 1.61. The van der Waals surface area contributed by atoms with Crippen LogP contribution in [0.15, 0.2) is 12.7 Å². The highest BCUT2D eigenvalue weighted by Gasteiger charge is 2.37. The van der Waals surface area contributed by atoms with Crippen LogP contribution in [0.5, 0.6) is 0 Å². The molecular weight excluding hydrogens is 242 g/mol. The van der Waals surface area contributed by atoms with E-state index in [1.54, 1.807) is 13.0 Å². The van der Waals surface area contributed by atoms with Crippen LogP contribution in [0.3, 0.4) is 0 Å². The number of halogens is 2. The second kappa shape index (κ2) is 3.20. The van der Waals surface area contributed by atoms with Crippen molar-refractivity contribution >= 4 is 22.6 Å². The average molecular weight is 256 g/mol. The summed E-state index contributed by atoms with van der Waals surface area (Å²) in [5.41, 5.74) is -0.310. The van der Waals surface area contributed by atoms with Crippen LogP contribution in [0.25, 0.3) is 0 Å². The van der Waals surface area contributed by atoms with Crippen LogP contribution in [-0.4, -0.2) is 3.68 Å². The van der Waals surface area contributed by atoms with Gasteiger partial charge in [0, 0.05) is 5.41 Å². The van der Waals surface area contributed by atoms with Crippen molar-refractivity contribution in [2.24, 2.45) is 5.41 Å². The molecule has 1 atom stereocenters. The maximum atomic E-state index is 13.3. The first-order valence-electron chi connectivity index (χ1n) is 3.30. The highest BCUT2D eigenvalue weighted by molar-refractivity contribution is 14.1. The van der Waals surface area contributed by atoms with Gasteiger partial charge in [-0.25, -0.2) is 4.39 Å². The topological polar surface area (TPSA) is 0 Å². The predicted molar refractivity (Wildman–Crippen MR) is 52.1 cm³/mol. The molecule has 0 radical (unpaired) electrons. The Bertz CT molecular complexity index is 122. The Kier molecular flexibility index (Phi) is 3.33. The summed E-state index contributed by atoms with van der Waals surface area (Å²) >= 11 is 1.83. The van der Waals surface area contributed by atoms with Crippen molar-refractivity contribution in [3.05, 3.63) is 12.7 Å². The van der Waals surface area contributed by atoms with Gasteiger partial charge in [0.05, 0.1) is 0 Å². The molecule has 0 aliphatic heterocycles. The molecule has 0 aliphatic carbocycles. The summed E-state index contributed by atoms with van der Waals surface area (Å²) < 4.78 is 12.1. The van der Waals surface area contributed by atoms with E-state index in [0.29, 0.717) is 6.42 Å². The van der Waals surface area contributed by atoms with Crippen LogP contribution in [0.2, 0.25) is 0 Å². The minimum atomic E-state index is -1.15. The monoisotopic (exact) mass is 256 g/mol. The van der Waals surface area contributed by atoms with Crippen molar-refractivity contribution in [1.29, 1.82) is 0 Å². The summed E-state index contributed by atoms with van der Waals surface area (Å²) in [6, 6.07) is 0. The van der Waals surface area contributed by atoms with Gasteiger partial charge in [0.25, 0.3) is 0 Å². The van der Waals surface area contributed by atoms with Crippen LogP contribution < -0.4 is 0 Å². The smallest absolute Gasteiger partial charge is 0.163 e. The summed E-state index contributed by atoms with van der Waals surface area (Å²) in [7, 11) is 0. The van der Waals surface area contributed by atoms with E-state index in [-0.39, 0.29) is 5.41 Å². The third-order valence-electron chi connectivity index (χ3n) is 1.84. The molecule has 10 heavy (non-hydrogen) atoms. The molecule has 0 saturated heterocycles. The van der Waals surface area contributed by atoms with E-state index in [1.807, 2.05) is 36.4 Å². The third-order valence-corrected chi connectivity index (χ3v) is 3.30. The molecule has 0 aliphatic rings. The van der Waals surface area contributed by atoms with Gasteiger partial charge >= 0.3 is 0 Å². The Hall–Kier alpha value is 0.400. The molecular formula is C8H14FI. The lowest BCUT2D eigenvalue weighted by atomic mass is 9.85. The first-order chi connectivity index (χ1) is 4.31. The second-order valence-electron chi connectivity index (χ2n) is 3.27. The molecule has 0 amide bonds. The fraction of sp³-hybridized carbons (Fsp3) is 0.750. The maximum Gasteiger partial charge on any atom is 0.163 e. The van der Waals surface area contributed by atoms with Crippen LogP contribution in [0.4, 0.5) is 4.39 Å². The molecule has 0 heterocycles. The Morgan fingerprint density at radius 3 is 2.00 bits per heavy atom. The fourth-order valence-electron chi connectivity index (χ4n) is 0.540. The first kappa shape index (κ1) is 10.4. The molecule has 0 aromatic carbocycles. The molecule has 0 fully saturated rings. The predicted octanol–water partition coefficient (Wildman–Crippen LogP) is 3.71. The lowest BCUT2D eigenvalue weighted by Crippen LogP contribution is -2.30. The van der Waals surface area contributed by atoms with Crippen molar-refractivity contribution in [3.63, 3.8) is 0 Å². The highest BCUT2D eigenvalue weighted by atomic mass is 127. The lowest BCUT2D eigenvalue weighted by molar-refractivity contribution is 0.146. The number of allylic oxidation sites excluding steroid dienone is 1. The van der Waals surface area contributed by atoms with E-state index in [4.69, 9.17) is 0 Å². The van der Waals surface area contributed by atoms with Crippen LogP contribution in [0, 0.1) is 5.41 Å². The van der Waals surface area contributed by atoms with Crippen molar-refractivity contribution in [2.75, 3.05) is 0 Å². The molecule has 1 unspecified atom stereocenters. The summed E-state index contributed by atoms with van der Waals surface area (Å²) in [5.74, 6) is 0. The maximum absolute atomic E-state index is 13.3. The van der Waals surface area contributed by atoms with E-state index in [1.165, 1.54) is 0 Å². The first-order valence-corrected chi connectivity index (χ1v) is 4.38. The Morgan fingerprint density at radius 1 is 1.50 bits per heavy atom. The number of rotatable bonds is 3. The van der Waals surface area contributed by atoms with Gasteiger partial charge in [-0.1, -0.05) is 19.9 Å². The Morgan fingerprint density at radius 2 is 1.90 bits per heavy atom. The zero-order valence-electron chi connectivity index (χ0n) is 6.75. The van der Waals surface area contributed by atoms with Gasteiger partial charge < -0.3 is 0 Å². The van der Waals surface area contributed by atoms with E-state index in [2.05, 4.69) is 6.58 Å². The highest BCUT2D eigenvalue weighted by Crippen LogP contribution is 2.42. The second-order valence-corrected chi connectivity index (χ2v) is 5.29. The summed E-state index contributed by atoms with van der Waals surface area (Å²) in [4.78, 5) is 0. The van der Waals surface area contributed by atoms with E-state index >= 15 is 0 Å². The van der Waals surface area contributed by atoms with Gasteiger partial charge in [-0.05, 0) is 35.9 Å².